The minimum Gasteiger partial charge on any atom is -0.456 e. The van der Waals surface area contributed by atoms with Crippen molar-refractivity contribution >= 4 is 27.9 Å². The number of ether oxygens (including phenoxy) is 2. The average Bonchev–Trinajstić information content (AvgIpc) is 2.34. The predicted molar refractivity (Wildman–Crippen MR) is 41.7 cm³/mol. The molecule has 0 N–H and O–H groups in total. The maximum atomic E-state index is 11.0. The van der Waals surface area contributed by atoms with Gasteiger partial charge in [0, 0.05) is 0 Å². The van der Waals surface area contributed by atoms with Gasteiger partial charge in [0.25, 0.3) is 0 Å². The van der Waals surface area contributed by atoms with Gasteiger partial charge in [0.15, 0.2) is 16.5 Å². The predicted octanol–water partition coefficient (Wildman–Crippen LogP) is 0.381. The van der Waals surface area contributed by atoms with E-state index in [1.807, 2.05) is 0 Å². The Kier molecular flexibility index (Phi) is 1.49. The van der Waals surface area contributed by atoms with Crippen LogP contribution < -0.4 is 0 Å². The lowest BCUT2D eigenvalue weighted by Gasteiger charge is -2.20. The monoisotopic (exact) mass is 234 g/mol. The molecule has 2 fully saturated rings. The molecule has 2 aliphatic heterocycles. The van der Waals surface area contributed by atoms with Crippen LogP contribution in [-0.4, -0.2) is 28.5 Å². The quantitative estimate of drug-likeness (QED) is 0.450. The van der Waals surface area contributed by atoms with Crippen molar-refractivity contribution in [2.24, 2.45) is 0 Å². The smallest absolute Gasteiger partial charge is 0.324 e. The molecular weight excluding hydrogens is 228 g/mol. The van der Waals surface area contributed by atoms with Crippen LogP contribution in [0.25, 0.3) is 0 Å². The highest BCUT2D eigenvalue weighted by Crippen LogP contribution is 2.41. The molecule has 3 atom stereocenters. The van der Waals surface area contributed by atoms with Crippen LogP contribution in [0.5, 0.6) is 0 Å². The van der Waals surface area contributed by atoms with Crippen LogP contribution in [0.4, 0.5) is 0 Å². The van der Waals surface area contributed by atoms with Crippen LogP contribution in [0.15, 0.2) is 0 Å². The van der Waals surface area contributed by atoms with Gasteiger partial charge in [-0.3, -0.25) is 9.59 Å². The molecule has 2 aliphatic rings. The van der Waals surface area contributed by atoms with E-state index in [-0.39, 0.29) is 18.4 Å². The molecule has 12 heavy (non-hydrogen) atoms. The van der Waals surface area contributed by atoms with Crippen molar-refractivity contribution in [2.75, 3.05) is 0 Å². The van der Waals surface area contributed by atoms with Crippen molar-refractivity contribution in [3.05, 3.63) is 0 Å². The Morgan fingerprint density at radius 1 is 1.58 bits per heavy atom. The third-order valence-electron chi connectivity index (χ3n) is 2.29. The van der Waals surface area contributed by atoms with Gasteiger partial charge < -0.3 is 9.47 Å². The molecule has 0 spiro atoms. The maximum absolute atomic E-state index is 11.0. The fourth-order valence-corrected chi connectivity index (χ4v) is 2.01. The lowest BCUT2D eigenvalue weighted by Crippen LogP contribution is -2.39. The lowest BCUT2D eigenvalue weighted by molar-refractivity contribution is -0.147. The van der Waals surface area contributed by atoms with Gasteiger partial charge in [-0.2, -0.15) is 0 Å². The van der Waals surface area contributed by atoms with Gasteiger partial charge in [-0.25, -0.2) is 0 Å². The summed E-state index contributed by atoms with van der Waals surface area (Å²) in [5.74, 6) is -0.658. The topological polar surface area (TPSA) is 52.6 Å². The molecule has 0 radical (unpaired) electrons. The summed E-state index contributed by atoms with van der Waals surface area (Å²) < 4.78 is 9.96. The summed E-state index contributed by atoms with van der Waals surface area (Å²) >= 11 is 3.14. The molecule has 2 saturated heterocycles. The maximum Gasteiger partial charge on any atom is 0.324 e. The van der Waals surface area contributed by atoms with Gasteiger partial charge in [-0.1, -0.05) is 15.9 Å². The Morgan fingerprint density at radius 3 is 2.83 bits per heavy atom. The fraction of sp³-hybridized carbons (Fsp3) is 0.714. The van der Waals surface area contributed by atoms with E-state index in [1.54, 1.807) is 6.92 Å². The molecule has 66 valence electrons. The Bertz CT molecular complexity index is 264. The standard InChI is InChI=1S/C7H7BrO4/c1-7-3(2-4(9)12-7)11-6(10)5(7)8/h3,5H,2H2,1H3/t3-,5+,7+/m0/s1. The van der Waals surface area contributed by atoms with Crippen LogP contribution in [0.3, 0.4) is 0 Å². The average molecular weight is 235 g/mol. The number of alkyl halides is 1. The molecule has 5 heteroatoms. The van der Waals surface area contributed by atoms with Crippen LogP contribution in [-0.2, 0) is 19.1 Å². The van der Waals surface area contributed by atoms with Gasteiger partial charge >= 0.3 is 11.9 Å². The minimum atomic E-state index is -0.797. The van der Waals surface area contributed by atoms with Crippen LogP contribution in [0.2, 0.25) is 0 Å². The number of hydrogen-bond donors (Lipinski definition) is 0. The molecule has 2 heterocycles. The van der Waals surface area contributed by atoms with Crippen molar-refractivity contribution in [3.63, 3.8) is 0 Å². The second-order valence-electron chi connectivity index (χ2n) is 3.15. The normalized spacial score (nSPS) is 45.5. The SMILES string of the molecule is C[C@@]12OC(=O)C[C@@H]1OC(=O)[C@H]2Br. The molecule has 0 aliphatic carbocycles. The van der Waals surface area contributed by atoms with Gasteiger partial charge in [-0.15, -0.1) is 0 Å². The zero-order valence-corrected chi connectivity index (χ0v) is 7.96. The summed E-state index contributed by atoms with van der Waals surface area (Å²) in [6, 6.07) is 0. The highest BCUT2D eigenvalue weighted by molar-refractivity contribution is 9.10. The number of rotatable bonds is 0. The molecule has 0 bridgehead atoms. The van der Waals surface area contributed by atoms with Crippen molar-refractivity contribution in [1.29, 1.82) is 0 Å². The van der Waals surface area contributed by atoms with Gasteiger partial charge in [0.2, 0.25) is 0 Å². The summed E-state index contributed by atoms with van der Waals surface area (Å²) in [6.07, 6.45) is -0.244. The second-order valence-corrected chi connectivity index (χ2v) is 4.07. The summed E-state index contributed by atoms with van der Waals surface area (Å²) in [5.41, 5.74) is -0.797. The van der Waals surface area contributed by atoms with Crippen molar-refractivity contribution < 1.29 is 19.1 Å². The van der Waals surface area contributed by atoms with Crippen molar-refractivity contribution in [1.82, 2.24) is 0 Å². The van der Waals surface area contributed by atoms with Crippen LogP contribution in [0.1, 0.15) is 13.3 Å². The van der Waals surface area contributed by atoms with E-state index < -0.39 is 16.5 Å². The molecular formula is C7H7BrO4. The largest absolute Gasteiger partial charge is 0.456 e. The van der Waals surface area contributed by atoms with E-state index in [0.717, 1.165) is 0 Å². The van der Waals surface area contributed by atoms with Crippen LogP contribution >= 0.6 is 15.9 Å². The van der Waals surface area contributed by atoms with E-state index in [1.165, 1.54) is 0 Å². The van der Waals surface area contributed by atoms with E-state index >= 15 is 0 Å². The molecule has 4 nitrogen and oxygen atoms in total. The number of carbonyl (C=O) groups excluding carboxylic acids is 2. The molecule has 0 aromatic carbocycles. The summed E-state index contributed by atoms with van der Waals surface area (Å²) in [5, 5.41) is 0. The Labute approximate surface area is 77.3 Å². The summed E-state index contributed by atoms with van der Waals surface area (Å²) in [7, 11) is 0. The Hall–Kier alpha value is -0.580. The first-order valence-corrected chi connectivity index (χ1v) is 4.52. The van der Waals surface area contributed by atoms with Gasteiger partial charge in [0.05, 0.1) is 6.42 Å². The van der Waals surface area contributed by atoms with Gasteiger partial charge in [0.1, 0.15) is 0 Å². The first-order chi connectivity index (χ1) is 5.54. The molecule has 0 unspecified atom stereocenters. The first kappa shape index (κ1) is 8.04. The Balaban J connectivity index is 2.33. The van der Waals surface area contributed by atoms with E-state index in [2.05, 4.69) is 15.9 Å². The highest BCUT2D eigenvalue weighted by Gasteiger charge is 2.60. The number of hydrogen-bond acceptors (Lipinski definition) is 4. The third kappa shape index (κ3) is 0.827. The minimum absolute atomic E-state index is 0.171. The fourth-order valence-electron chi connectivity index (χ4n) is 1.51. The number of carbonyl (C=O) groups is 2. The number of fused-ring (bicyclic) bond motifs is 1. The first-order valence-electron chi connectivity index (χ1n) is 3.60. The van der Waals surface area contributed by atoms with E-state index in [4.69, 9.17) is 9.47 Å². The zero-order valence-electron chi connectivity index (χ0n) is 6.37. The Morgan fingerprint density at radius 2 is 2.25 bits per heavy atom. The van der Waals surface area contributed by atoms with Crippen molar-refractivity contribution in [2.45, 2.75) is 29.9 Å². The van der Waals surface area contributed by atoms with Gasteiger partial charge in [-0.05, 0) is 6.92 Å². The van der Waals surface area contributed by atoms with Crippen LogP contribution in [0, 0.1) is 0 Å². The van der Waals surface area contributed by atoms with Crippen molar-refractivity contribution in [3.8, 4) is 0 Å². The lowest BCUT2D eigenvalue weighted by atomic mass is 9.98. The molecule has 0 aromatic heterocycles. The van der Waals surface area contributed by atoms with E-state index in [9.17, 15) is 9.59 Å². The molecule has 0 saturated carbocycles. The van der Waals surface area contributed by atoms with E-state index in [0.29, 0.717) is 0 Å². The number of halogens is 1. The summed E-state index contributed by atoms with van der Waals surface area (Å²) in [6.45, 7) is 1.70. The third-order valence-corrected chi connectivity index (χ3v) is 3.58. The zero-order chi connectivity index (χ0) is 8.93. The highest BCUT2D eigenvalue weighted by atomic mass is 79.9. The second kappa shape index (κ2) is 2.22. The molecule has 0 aromatic rings. The molecule has 0 amide bonds. The molecule has 2 rings (SSSR count). The summed E-state index contributed by atoms with van der Waals surface area (Å²) in [4.78, 5) is 21.4. The number of esters is 2.